The molecule has 4 nitrogen and oxygen atoms in total. The van der Waals surface area contributed by atoms with Gasteiger partial charge in [-0.3, -0.25) is 14.5 Å². The molecular formula is C12H17NO3. The van der Waals surface area contributed by atoms with E-state index in [-0.39, 0.29) is 35.9 Å². The SMILES string of the molecule is CCCCN1C(=O)[C@@H]2[C@@H](C1=O)[C@H]1CC[C@@H]2O1. The van der Waals surface area contributed by atoms with Crippen molar-refractivity contribution in [1.29, 1.82) is 0 Å². The van der Waals surface area contributed by atoms with Crippen LogP contribution in [0.5, 0.6) is 0 Å². The van der Waals surface area contributed by atoms with Crippen molar-refractivity contribution in [3.63, 3.8) is 0 Å². The molecule has 16 heavy (non-hydrogen) atoms. The molecule has 0 aromatic carbocycles. The molecule has 3 aliphatic heterocycles. The topological polar surface area (TPSA) is 46.6 Å². The summed E-state index contributed by atoms with van der Waals surface area (Å²) in [4.78, 5) is 25.7. The average molecular weight is 223 g/mol. The molecule has 0 N–H and O–H groups in total. The summed E-state index contributed by atoms with van der Waals surface area (Å²) < 4.78 is 5.66. The second-order valence-electron chi connectivity index (χ2n) is 5.02. The zero-order chi connectivity index (χ0) is 11.3. The van der Waals surface area contributed by atoms with E-state index in [4.69, 9.17) is 4.74 Å². The standard InChI is InChI=1S/C12H17NO3/c1-2-3-6-13-11(14)9-7-4-5-8(16-7)10(9)12(13)15/h7-10H,2-6H2,1H3/t7-,8+,9-,10-/m0/s1. The monoisotopic (exact) mass is 223 g/mol. The normalized spacial score (nSPS) is 40.9. The second-order valence-corrected chi connectivity index (χ2v) is 5.02. The largest absolute Gasteiger partial charge is 0.373 e. The molecule has 3 rings (SSSR count). The molecule has 2 amide bonds. The van der Waals surface area contributed by atoms with E-state index in [2.05, 4.69) is 6.92 Å². The molecule has 0 aromatic heterocycles. The number of unbranched alkanes of at least 4 members (excludes halogenated alkanes) is 1. The summed E-state index contributed by atoms with van der Waals surface area (Å²) in [7, 11) is 0. The maximum atomic E-state index is 12.1. The smallest absolute Gasteiger partial charge is 0.235 e. The molecule has 0 radical (unpaired) electrons. The minimum absolute atomic E-state index is 0.0238. The van der Waals surface area contributed by atoms with Crippen LogP contribution in [0, 0.1) is 11.8 Å². The molecule has 0 saturated carbocycles. The first kappa shape index (κ1) is 10.3. The van der Waals surface area contributed by atoms with Crippen LogP contribution in [0.4, 0.5) is 0 Å². The van der Waals surface area contributed by atoms with Crippen LogP contribution in [0.2, 0.25) is 0 Å². The number of likely N-dealkylation sites (tertiary alicyclic amines) is 1. The molecule has 88 valence electrons. The highest BCUT2D eigenvalue weighted by atomic mass is 16.5. The van der Waals surface area contributed by atoms with Crippen molar-refractivity contribution < 1.29 is 14.3 Å². The minimum atomic E-state index is -0.150. The van der Waals surface area contributed by atoms with E-state index >= 15 is 0 Å². The molecular weight excluding hydrogens is 206 g/mol. The van der Waals surface area contributed by atoms with Gasteiger partial charge in [-0.15, -0.1) is 0 Å². The summed E-state index contributed by atoms with van der Waals surface area (Å²) in [5.74, 6) is -0.252. The predicted octanol–water partition coefficient (Wildman–Crippen LogP) is 0.949. The minimum Gasteiger partial charge on any atom is -0.373 e. The van der Waals surface area contributed by atoms with E-state index < -0.39 is 0 Å². The average Bonchev–Trinajstić information content (AvgIpc) is 2.92. The number of rotatable bonds is 3. The lowest BCUT2D eigenvalue weighted by atomic mass is 9.81. The van der Waals surface area contributed by atoms with Crippen LogP contribution in [0.25, 0.3) is 0 Å². The van der Waals surface area contributed by atoms with E-state index in [1.54, 1.807) is 0 Å². The quantitative estimate of drug-likeness (QED) is 0.669. The number of fused-ring (bicyclic) bond motifs is 5. The van der Waals surface area contributed by atoms with Crippen molar-refractivity contribution in [2.24, 2.45) is 11.8 Å². The van der Waals surface area contributed by atoms with Gasteiger partial charge in [0, 0.05) is 6.54 Å². The van der Waals surface area contributed by atoms with Gasteiger partial charge in [0.25, 0.3) is 0 Å². The van der Waals surface area contributed by atoms with E-state index in [0.717, 1.165) is 25.7 Å². The molecule has 0 aliphatic carbocycles. The van der Waals surface area contributed by atoms with Crippen LogP contribution in [0.15, 0.2) is 0 Å². The molecule has 3 aliphatic rings. The number of carbonyl (C=O) groups is 2. The number of hydrogen-bond acceptors (Lipinski definition) is 3. The fourth-order valence-corrected chi connectivity index (χ4v) is 3.31. The van der Waals surface area contributed by atoms with Crippen LogP contribution in [0.1, 0.15) is 32.6 Å². The third-order valence-corrected chi connectivity index (χ3v) is 4.11. The summed E-state index contributed by atoms with van der Waals surface area (Å²) in [5, 5.41) is 0. The van der Waals surface area contributed by atoms with Gasteiger partial charge in [-0.2, -0.15) is 0 Å². The first-order valence-electron chi connectivity index (χ1n) is 6.24. The number of hydrogen-bond donors (Lipinski definition) is 0. The number of nitrogens with zero attached hydrogens (tertiary/aromatic N) is 1. The Morgan fingerprint density at radius 2 is 1.75 bits per heavy atom. The van der Waals surface area contributed by atoms with E-state index in [0.29, 0.717) is 6.54 Å². The molecule has 4 atom stereocenters. The van der Waals surface area contributed by atoms with E-state index in [1.807, 2.05) is 0 Å². The molecule has 0 spiro atoms. The van der Waals surface area contributed by atoms with Crippen LogP contribution < -0.4 is 0 Å². The summed E-state index contributed by atoms with van der Waals surface area (Å²) >= 11 is 0. The van der Waals surface area contributed by atoms with Crippen molar-refractivity contribution in [2.75, 3.05) is 6.54 Å². The Morgan fingerprint density at radius 3 is 2.25 bits per heavy atom. The summed E-state index contributed by atoms with van der Waals surface area (Å²) in [5.41, 5.74) is 0. The predicted molar refractivity (Wildman–Crippen MR) is 56.5 cm³/mol. The number of amides is 2. The van der Waals surface area contributed by atoms with Crippen molar-refractivity contribution >= 4 is 11.8 Å². The molecule has 3 heterocycles. The van der Waals surface area contributed by atoms with Gasteiger partial charge in [0.2, 0.25) is 11.8 Å². The Balaban J connectivity index is 1.81. The fraction of sp³-hybridized carbons (Fsp3) is 0.833. The van der Waals surface area contributed by atoms with Gasteiger partial charge in [-0.05, 0) is 19.3 Å². The zero-order valence-electron chi connectivity index (χ0n) is 9.52. The maximum Gasteiger partial charge on any atom is 0.235 e. The Kier molecular flexibility index (Phi) is 2.28. The van der Waals surface area contributed by atoms with Crippen molar-refractivity contribution in [2.45, 2.75) is 44.8 Å². The fourth-order valence-electron chi connectivity index (χ4n) is 3.31. The number of carbonyl (C=O) groups excluding carboxylic acids is 2. The highest BCUT2D eigenvalue weighted by Gasteiger charge is 2.61. The van der Waals surface area contributed by atoms with Gasteiger partial charge in [0.1, 0.15) is 0 Å². The molecule has 3 saturated heterocycles. The molecule has 4 heteroatoms. The van der Waals surface area contributed by atoms with Gasteiger partial charge in [-0.1, -0.05) is 13.3 Å². The van der Waals surface area contributed by atoms with Gasteiger partial charge >= 0.3 is 0 Å². The lowest BCUT2D eigenvalue weighted by molar-refractivity contribution is -0.142. The molecule has 2 bridgehead atoms. The lowest BCUT2D eigenvalue weighted by Gasteiger charge is -2.16. The van der Waals surface area contributed by atoms with Gasteiger partial charge in [-0.25, -0.2) is 0 Å². The highest BCUT2D eigenvalue weighted by molar-refractivity contribution is 6.06. The second kappa shape index (κ2) is 3.55. The molecule has 0 unspecified atom stereocenters. The zero-order valence-corrected chi connectivity index (χ0v) is 9.52. The molecule has 3 fully saturated rings. The lowest BCUT2D eigenvalue weighted by Crippen LogP contribution is -2.34. The molecule has 0 aromatic rings. The summed E-state index contributed by atoms with van der Waals surface area (Å²) in [6, 6.07) is 0. The van der Waals surface area contributed by atoms with Gasteiger partial charge < -0.3 is 4.74 Å². The van der Waals surface area contributed by atoms with Gasteiger partial charge in [0.05, 0.1) is 24.0 Å². The van der Waals surface area contributed by atoms with Crippen molar-refractivity contribution in [3.8, 4) is 0 Å². The third kappa shape index (κ3) is 1.19. The first-order valence-corrected chi connectivity index (χ1v) is 6.24. The Hall–Kier alpha value is -0.900. The Bertz CT molecular complexity index is 313. The summed E-state index contributed by atoms with van der Waals surface area (Å²) in [6.45, 7) is 2.67. The van der Waals surface area contributed by atoms with Gasteiger partial charge in [0.15, 0.2) is 0 Å². The highest BCUT2D eigenvalue weighted by Crippen LogP contribution is 2.48. The van der Waals surface area contributed by atoms with Crippen molar-refractivity contribution in [1.82, 2.24) is 4.90 Å². The van der Waals surface area contributed by atoms with Crippen LogP contribution in [-0.4, -0.2) is 35.5 Å². The van der Waals surface area contributed by atoms with Crippen LogP contribution in [-0.2, 0) is 14.3 Å². The Labute approximate surface area is 94.9 Å². The number of imide groups is 1. The first-order chi connectivity index (χ1) is 7.74. The third-order valence-electron chi connectivity index (χ3n) is 4.11. The Morgan fingerprint density at radius 1 is 1.19 bits per heavy atom. The summed E-state index contributed by atoms with van der Waals surface area (Å²) in [6.07, 6.45) is 3.87. The van der Waals surface area contributed by atoms with Crippen molar-refractivity contribution in [3.05, 3.63) is 0 Å². The van der Waals surface area contributed by atoms with Crippen LogP contribution in [0.3, 0.4) is 0 Å². The number of ether oxygens (including phenoxy) is 1. The van der Waals surface area contributed by atoms with E-state index in [9.17, 15) is 9.59 Å². The maximum absolute atomic E-state index is 12.1. The van der Waals surface area contributed by atoms with E-state index in [1.165, 1.54) is 4.90 Å². The van der Waals surface area contributed by atoms with Crippen LogP contribution >= 0.6 is 0 Å².